The zero-order chi connectivity index (χ0) is 20.6. The molecule has 1 aromatic rings. The highest BCUT2D eigenvalue weighted by molar-refractivity contribution is 14.0. The normalized spacial score (nSPS) is 14.2. The van der Waals surface area contributed by atoms with Crippen LogP contribution >= 0.6 is 24.0 Å². The Hall–Kier alpha value is -1.22. The molecule has 1 aliphatic rings. The molecule has 0 aromatic heterocycles. The van der Waals surface area contributed by atoms with Crippen LogP contribution in [-0.2, 0) is 10.2 Å². The van der Waals surface area contributed by atoms with Gasteiger partial charge in [-0.3, -0.25) is 4.99 Å². The molecule has 0 unspecified atom stereocenters. The number of hydrogen-bond acceptors (Lipinski definition) is 4. The summed E-state index contributed by atoms with van der Waals surface area (Å²) in [6, 6.07) is 6.07. The van der Waals surface area contributed by atoms with Gasteiger partial charge in [0.15, 0.2) is 17.5 Å². The number of rotatable bonds is 11. The van der Waals surface area contributed by atoms with Gasteiger partial charge in [0.1, 0.15) is 0 Å². The van der Waals surface area contributed by atoms with Gasteiger partial charge in [-0.05, 0) is 43.4 Å². The average molecular weight is 519 g/mol. The highest BCUT2D eigenvalue weighted by Crippen LogP contribution is 2.33. The first-order chi connectivity index (χ1) is 13.4. The first-order valence-electron chi connectivity index (χ1n) is 10.2. The molecule has 29 heavy (non-hydrogen) atoms. The van der Waals surface area contributed by atoms with Crippen LogP contribution in [0.25, 0.3) is 0 Å². The predicted molar refractivity (Wildman–Crippen MR) is 130 cm³/mol. The molecular formula is C22H38IN3O3. The van der Waals surface area contributed by atoms with Crippen LogP contribution in [0.15, 0.2) is 23.2 Å². The van der Waals surface area contributed by atoms with Crippen molar-refractivity contribution in [2.24, 2.45) is 10.9 Å². The molecule has 0 heterocycles. The van der Waals surface area contributed by atoms with Gasteiger partial charge >= 0.3 is 0 Å². The second-order valence-electron chi connectivity index (χ2n) is 8.06. The second-order valence-corrected chi connectivity index (χ2v) is 8.06. The maximum absolute atomic E-state index is 5.77. The molecule has 0 amide bonds. The van der Waals surface area contributed by atoms with Gasteiger partial charge in [0, 0.05) is 32.2 Å². The molecule has 7 heteroatoms. The summed E-state index contributed by atoms with van der Waals surface area (Å²) in [5, 5.41) is 3.38. The molecule has 0 spiro atoms. The van der Waals surface area contributed by atoms with E-state index in [0.717, 1.165) is 49.7 Å². The number of nitrogens with zero attached hydrogens (tertiary/aromatic N) is 2. The Balaban J connectivity index is 0.00000420. The van der Waals surface area contributed by atoms with Crippen molar-refractivity contribution in [3.8, 4) is 11.5 Å². The molecule has 1 aromatic carbocycles. The maximum atomic E-state index is 5.77. The summed E-state index contributed by atoms with van der Waals surface area (Å²) in [4.78, 5) is 7.03. The number of ether oxygens (including phenoxy) is 3. The summed E-state index contributed by atoms with van der Waals surface area (Å²) in [6.07, 6.45) is 2.65. The molecule has 0 saturated heterocycles. The van der Waals surface area contributed by atoms with Gasteiger partial charge in [0.05, 0.1) is 27.4 Å². The van der Waals surface area contributed by atoms with Crippen LogP contribution in [0.1, 0.15) is 39.2 Å². The topological polar surface area (TPSA) is 55.3 Å². The lowest BCUT2D eigenvalue weighted by atomic mass is 9.84. The summed E-state index contributed by atoms with van der Waals surface area (Å²) < 4.78 is 16.6. The number of guanidine groups is 1. The van der Waals surface area contributed by atoms with E-state index in [1.54, 1.807) is 14.2 Å². The lowest BCUT2D eigenvalue weighted by molar-refractivity contribution is 0.115. The summed E-state index contributed by atoms with van der Waals surface area (Å²) in [5.41, 5.74) is 1.03. The van der Waals surface area contributed by atoms with E-state index in [1.165, 1.54) is 18.4 Å². The first kappa shape index (κ1) is 25.8. The minimum absolute atomic E-state index is 0. The van der Waals surface area contributed by atoms with E-state index >= 15 is 0 Å². The smallest absolute Gasteiger partial charge is 0.193 e. The first-order valence-corrected chi connectivity index (χ1v) is 10.2. The molecule has 1 saturated carbocycles. The summed E-state index contributed by atoms with van der Waals surface area (Å²) in [5.74, 6) is 3.19. The van der Waals surface area contributed by atoms with Gasteiger partial charge < -0.3 is 24.4 Å². The average Bonchev–Trinajstić information content (AvgIpc) is 3.52. The number of likely N-dealkylation sites (N-methyl/N-ethyl adjacent to an activating group) is 1. The van der Waals surface area contributed by atoms with Gasteiger partial charge in [0.25, 0.3) is 0 Å². The molecule has 6 nitrogen and oxygen atoms in total. The minimum atomic E-state index is -0.135. The van der Waals surface area contributed by atoms with E-state index in [-0.39, 0.29) is 29.4 Å². The minimum Gasteiger partial charge on any atom is -0.493 e. The highest BCUT2D eigenvalue weighted by atomic mass is 127. The summed E-state index contributed by atoms with van der Waals surface area (Å²) in [6.45, 7) is 10.4. The van der Waals surface area contributed by atoms with Gasteiger partial charge in [-0.2, -0.15) is 0 Å². The Morgan fingerprint density at radius 3 is 2.48 bits per heavy atom. The molecular weight excluding hydrogens is 481 g/mol. The Bertz CT molecular complexity index is 648. The second kappa shape index (κ2) is 12.5. The predicted octanol–water partition coefficient (Wildman–Crippen LogP) is 3.92. The fraction of sp³-hybridized carbons (Fsp3) is 0.682. The van der Waals surface area contributed by atoms with Crippen LogP contribution in [0.2, 0.25) is 0 Å². The zero-order valence-corrected chi connectivity index (χ0v) is 21.1. The van der Waals surface area contributed by atoms with E-state index in [9.17, 15) is 0 Å². The van der Waals surface area contributed by atoms with Gasteiger partial charge in [-0.25, -0.2) is 0 Å². The van der Waals surface area contributed by atoms with Crippen LogP contribution in [0, 0.1) is 5.92 Å². The quantitative estimate of drug-likeness (QED) is 0.208. The van der Waals surface area contributed by atoms with E-state index < -0.39 is 0 Å². The molecule has 1 N–H and O–H groups in total. The van der Waals surface area contributed by atoms with E-state index in [2.05, 4.69) is 44.1 Å². The van der Waals surface area contributed by atoms with Crippen LogP contribution in [0.4, 0.5) is 0 Å². The van der Waals surface area contributed by atoms with Crippen LogP contribution < -0.4 is 14.8 Å². The third kappa shape index (κ3) is 8.20. The fourth-order valence-corrected chi connectivity index (χ4v) is 2.93. The van der Waals surface area contributed by atoms with E-state index in [0.29, 0.717) is 6.54 Å². The van der Waals surface area contributed by atoms with E-state index in [1.807, 2.05) is 12.1 Å². The Morgan fingerprint density at radius 1 is 1.21 bits per heavy atom. The monoisotopic (exact) mass is 519 g/mol. The lowest BCUT2D eigenvalue weighted by Gasteiger charge is -2.27. The van der Waals surface area contributed by atoms with Crippen LogP contribution in [-0.4, -0.2) is 65.0 Å². The molecule has 0 radical (unpaired) electrons. The van der Waals surface area contributed by atoms with Crippen molar-refractivity contribution in [3.05, 3.63) is 23.8 Å². The van der Waals surface area contributed by atoms with Crippen molar-refractivity contribution in [1.82, 2.24) is 10.2 Å². The number of halogens is 1. The Labute approximate surface area is 193 Å². The van der Waals surface area contributed by atoms with Crippen molar-refractivity contribution >= 4 is 29.9 Å². The molecule has 0 bridgehead atoms. The molecule has 2 rings (SSSR count). The van der Waals surface area contributed by atoms with Crippen LogP contribution in [0.5, 0.6) is 11.5 Å². The van der Waals surface area contributed by atoms with Gasteiger partial charge in [-0.1, -0.05) is 19.9 Å². The Kier molecular flexibility index (Phi) is 11.1. The van der Waals surface area contributed by atoms with Crippen molar-refractivity contribution < 1.29 is 14.2 Å². The van der Waals surface area contributed by atoms with Gasteiger partial charge in [0.2, 0.25) is 0 Å². The standard InChI is InChI=1S/C22H37N3O3.HI/c1-7-23-21(25(4)12-13-28-15-17-8-9-17)24-16-22(2,3)18-10-11-19(26-5)20(14-18)27-6;/h10-11,14,17H,7-9,12-13,15-16H2,1-6H3,(H,23,24);1H. The third-order valence-electron chi connectivity index (χ3n) is 5.11. The lowest BCUT2D eigenvalue weighted by Crippen LogP contribution is -2.41. The number of benzene rings is 1. The molecule has 1 fully saturated rings. The Morgan fingerprint density at radius 2 is 1.90 bits per heavy atom. The van der Waals surface area contributed by atoms with Crippen molar-refractivity contribution in [1.29, 1.82) is 0 Å². The highest BCUT2D eigenvalue weighted by Gasteiger charge is 2.23. The zero-order valence-electron chi connectivity index (χ0n) is 18.8. The molecule has 0 atom stereocenters. The molecule has 0 aliphatic heterocycles. The van der Waals surface area contributed by atoms with Crippen molar-refractivity contribution in [2.45, 2.75) is 39.0 Å². The largest absolute Gasteiger partial charge is 0.493 e. The van der Waals surface area contributed by atoms with Crippen LogP contribution in [0.3, 0.4) is 0 Å². The number of hydrogen-bond donors (Lipinski definition) is 1. The summed E-state index contributed by atoms with van der Waals surface area (Å²) in [7, 11) is 5.38. The number of nitrogens with one attached hydrogen (secondary N) is 1. The maximum Gasteiger partial charge on any atom is 0.193 e. The van der Waals surface area contributed by atoms with Gasteiger partial charge in [-0.15, -0.1) is 24.0 Å². The molecule has 1 aliphatic carbocycles. The van der Waals surface area contributed by atoms with Crippen molar-refractivity contribution in [2.75, 3.05) is 54.1 Å². The third-order valence-corrected chi connectivity index (χ3v) is 5.11. The van der Waals surface area contributed by atoms with Crippen molar-refractivity contribution in [3.63, 3.8) is 0 Å². The SMILES string of the molecule is CCNC(=NCC(C)(C)c1ccc(OC)c(OC)c1)N(C)CCOCC1CC1.I. The fourth-order valence-electron chi connectivity index (χ4n) is 2.93. The number of methoxy groups -OCH3 is 2. The molecule has 166 valence electrons. The van der Waals surface area contributed by atoms with E-state index in [4.69, 9.17) is 19.2 Å². The summed E-state index contributed by atoms with van der Waals surface area (Å²) >= 11 is 0. The number of aliphatic imine (C=N–C) groups is 1.